The molecule has 1 amide bonds. The SMILES string of the molecule is Cc1c(Br)nc2ccc(NC(=O)CC3CCC3)cn12. The zero-order chi connectivity index (χ0) is 13.4. The molecule has 1 fully saturated rings. The van der Waals surface area contributed by atoms with Crippen molar-refractivity contribution in [3.8, 4) is 0 Å². The average molecular weight is 322 g/mol. The van der Waals surface area contributed by atoms with Crippen LogP contribution < -0.4 is 5.32 Å². The summed E-state index contributed by atoms with van der Waals surface area (Å²) in [7, 11) is 0. The van der Waals surface area contributed by atoms with E-state index in [4.69, 9.17) is 0 Å². The third-order valence-corrected chi connectivity index (χ3v) is 4.53. The maximum absolute atomic E-state index is 11.9. The number of fused-ring (bicyclic) bond motifs is 1. The zero-order valence-electron chi connectivity index (χ0n) is 10.8. The van der Waals surface area contributed by atoms with E-state index in [2.05, 4.69) is 26.2 Å². The Morgan fingerprint density at radius 1 is 1.53 bits per heavy atom. The number of rotatable bonds is 3. The van der Waals surface area contributed by atoms with Crippen LogP contribution in [0.25, 0.3) is 5.65 Å². The molecule has 3 rings (SSSR count). The number of hydrogen-bond donors (Lipinski definition) is 1. The van der Waals surface area contributed by atoms with Gasteiger partial charge in [-0.3, -0.25) is 4.79 Å². The second kappa shape index (κ2) is 4.96. The van der Waals surface area contributed by atoms with Gasteiger partial charge < -0.3 is 9.72 Å². The second-order valence-corrected chi connectivity index (χ2v) is 5.93. The summed E-state index contributed by atoms with van der Waals surface area (Å²) >= 11 is 3.41. The molecule has 100 valence electrons. The number of carbonyl (C=O) groups is 1. The van der Waals surface area contributed by atoms with Gasteiger partial charge in [0, 0.05) is 12.6 Å². The summed E-state index contributed by atoms with van der Waals surface area (Å²) in [6.45, 7) is 1.99. The van der Waals surface area contributed by atoms with Gasteiger partial charge in [-0.1, -0.05) is 6.42 Å². The molecule has 2 heterocycles. The maximum atomic E-state index is 11.9. The van der Waals surface area contributed by atoms with Crippen molar-refractivity contribution < 1.29 is 4.79 Å². The second-order valence-electron chi connectivity index (χ2n) is 5.18. The molecule has 0 radical (unpaired) electrons. The van der Waals surface area contributed by atoms with Gasteiger partial charge in [0.25, 0.3) is 0 Å². The van der Waals surface area contributed by atoms with Crippen molar-refractivity contribution in [3.05, 3.63) is 28.6 Å². The van der Waals surface area contributed by atoms with E-state index in [1.807, 2.05) is 29.7 Å². The summed E-state index contributed by atoms with van der Waals surface area (Å²) in [4.78, 5) is 16.3. The molecule has 2 aromatic rings. The maximum Gasteiger partial charge on any atom is 0.224 e. The lowest BCUT2D eigenvalue weighted by atomic mass is 9.83. The van der Waals surface area contributed by atoms with Crippen LogP contribution in [0.4, 0.5) is 5.69 Å². The fraction of sp³-hybridized carbons (Fsp3) is 0.429. The molecule has 0 bridgehead atoms. The number of imidazole rings is 1. The number of pyridine rings is 1. The predicted octanol–water partition coefficient (Wildman–Crippen LogP) is 3.53. The van der Waals surface area contributed by atoms with Gasteiger partial charge in [0.2, 0.25) is 5.91 Å². The summed E-state index contributed by atoms with van der Waals surface area (Å²) in [5.74, 6) is 0.703. The molecule has 1 aliphatic carbocycles. The van der Waals surface area contributed by atoms with Gasteiger partial charge in [0.05, 0.1) is 11.4 Å². The quantitative estimate of drug-likeness (QED) is 0.939. The van der Waals surface area contributed by atoms with E-state index in [0.717, 1.165) is 21.6 Å². The van der Waals surface area contributed by atoms with Crippen molar-refractivity contribution in [2.45, 2.75) is 32.6 Å². The summed E-state index contributed by atoms with van der Waals surface area (Å²) in [5, 5.41) is 2.97. The first-order chi connectivity index (χ1) is 9.13. The van der Waals surface area contributed by atoms with Crippen molar-refractivity contribution in [2.75, 3.05) is 5.32 Å². The van der Waals surface area contributed by atoms with Crippen LogP contribution in [0, 0.1) is 12.8 Å². The van der Waals surface area contributed by atoms with Crippen LogP contribution in [0.15, 0.2) is 22.9 Å². The molecular formula is C14H16BrN3O. The summed E-state index contributed by atoms with van der Waals surface area (Å²) in [6, 6.07) is 3.81. The van der Waals surface area contributed by atoms with Crippen LogP contribution in [0.1, 0.15) is 31.4 Å². The van der Waals surface area contributed by atoms with E-state index in [9.17, 15) is 4.79 Å². The Labute approximate surface area is 120 Å². The van der Waals surface area contributed by atoms with Gasteiger partial charge in [-0.05, 0) is 53.7 Å². The number of halogens is 1. The van der Waals surface area contributed by atoms with E-state index < -0.39 is 0 Å². The molecule has 19 heavy (non-hydrogen) atoms. The number of nitrogens with zero attached hydrogens (tertiary/aromatic N) is 2. The van der Waals surface area contributed by atoms with Gasteiger partial charge in [-0.25, -0.2) is 4.98 Å². The van der Waals surface area contributed by atoms with Crippen LogP contribution in [0.2, 0.25) is 0 Å². The molecule has 2 aromatic heterocycles. The molecule has 5 heteroatoms. The highest BCUT2D eigenvalue weighted by molar-refractivity contribution is 9.10. The highest BCUT2D eigenvalue weighted by Gasteiger charge is 2.20. The van der Waals surface area contributed by atoms with Crippen LogP contribution >= 0.6 is 15.9 Å². The van der Waals surface area contributed by atoms with Crippen molar-refractivity contribution in [3.63, 3.8) is 0 Å². The summed E-state index contributed by atoms with van der Waals surface area (Å²) < 4.78 is 2.81. The molecule has 1 aliphatic rings. The van der Waals surface area contributed by atoms with Crippen LogP contribution in [-0.4, -0.2) is 15.3 Å². The third kappa shape index (κ3) is 2.52. The largest absolute Gasteiger partial charge is 0.325 e. The van der Waals surface area contributed by atoms with Crippen molar-refractivity contribution in [2.24, 2.45) is 5.92 Å². The Kier molecular flexibility index (Phi) is 3.31. The number of aromatic nitrogens is 2. The molecule has 0 aliphatic heterocycles. The first kappa shape index (κ1) is 12.7. The fourth-order valence-electron chi connectivity index (χ4n) is 2.38. The standard InChI is InChI=1S/C14H16BrN3O/c1-9-14(15)17-12-6-5-11(8-18(9)12)16-13(19)7-10-3-2-4-10/h5-6,8,10H,2-4,7H2,1H3,(H,16,19). The minimum atomic E-state index is 0.112. The van der Waals surface area contributed by atoms with E-state index >= 15 is 0 Å². The number of hydrogen-bond acceptors (Lipinski definition) is 2. The van der Waals surface area contributed by atoms with Crippen molar-refractivity contribution in [1.82, 2.24) is 9.38 Å². The lowest BCUT2D eigenvalue weighted by molar-refractivity contribution is -0.117. The lowest BCUT2D eigenvalue weighted by Gasteiger charge is -2.24. The van der Waals surface area contributed by atoms with Crippen molar-refractivity contribution >= 4 is 33.2 Å². The molecule has 1 saturated carbocycles. The number of carbonyl (C=O) groups excluding carboxylic acids is 1. The summed E-state index contributed by atoms with van der Waals surface area (Å²) in [5.41, 5.74) is 2.73. The van der Waals surface area contributed by atoms with Gasteiger partial charge in [-0.15, -0.1) is 0 Å². The highest BCUT2D eigenvalue weighted by Crippen LogP contribution is 2.29. The topological polar surface area (TPSA) is 46.4 Å². The molecule has 1 N–H and O–H groups in total. The Morgan fingerprint density at radius 2 is 2.32 bits per heavy atom. The lowest BCUT2D eigenvalue weighted by Crippen LogP contribution is -2.21. The van der Waals surface area contributed by atoms with Crippen LogP contribution in [0.5, 0.6) is 0 Å². The third-order valence-electron chi connectivity index (χ3n) is 3.78. The zero-order valence-corrected chi connectivity index (χ0v) is 12.4. The number of amides is 1. The first-order valence-electron chi connectivity index (χ1n) is 6.57. The smallest absolute Gasteiger partial charge is 0.224 e. The molecule has 0 aromatic carbocycles. The van der Waals surface area contributed by atoms with Crippen molar-refractivity contribution in [1.29, 1.82) is 0 Å². The van der Waals surface area contributed by atoms with Crippen LogP contribution in [-0.2, 0) is 4.79 Å². The average Bonchev–Trinajstić information content (AvgIpc) is 2.61. The Balaban J connectivity index is 1.76. The molecule has 0 atom stereocenters. The molecule has 0 spiro atoms. The highest BCUT2D eigenvalue weighted by atomic mass is 79.9. The Bertz CT molecular complexity index is 631. The minimum Gasteiger partial charge on any atom is -0.325 e. The molecule has 0 unspecified atom stereocenters. The van der Waals surface area contributed by atoms with E-state index in [0.29, 0.717) is 12.3 Å². The molecular weight excluding hydrogens is 306 g/mol. The van der Waals surface area contributed by atoms with Gasteiger partial charge >= 0.3 is 0 Å². The molecule has 4 nitrogen and oxygen atoms in total. The van der Waals surface area contributed by atoms with Gasteiger partial charge in [0.15, 0.2) is 0 Å². The van der Waals surface area contributed by atoms with E-state index in [1.54, 1.807) is 0 Å². The number of aryl methyl sites for hydroxylation is 1. The first-order valence-corrected chi connectivity index (χ1v) is 7.37. The van der Waals surface area contributed by atoms with E-state index in [-0.39, 0.29) is 5.91 Å². The van der Waals surface area contributed by atoms with E-state index in [1.165, 1.54) is 19.3 Å². The van der Waals surface area contributed by atoms with Crippen LogP contribution in [0.3, 0.4) is 0 Å². The summed E-state index contributed by atoms with van der Waals surface area (Å²) in [6.07, 6.45) is 6.22. The monoisotopic (exact) mass is 321 g/mol. The Morgan fingerprint density at radius 3 is 3.00 bits per heavy atom. The minimum absolute atomic E-state index is 0.112. The molecule has 0 saturated heterocycles. The van der Waals surface area contributed by atoms with Gasteiger partial charge in [-0.2, -0.15) is 0 Å². The predicted molar refractivity (Wildman–Crippen MR) is 78.2 cm³/mol. The fourth-order valence-corrected chi connectivity index (χ4v) is 2.75. The number of nitrogens with one attached hydrogen (secondary N) is 1. The normalized spacial score (nSPS) is 15.5. The Hall–Kier alpha value is -1.36. The van der Waals surface area contributed by atoms with Gasteiger partial charge in [0.1, 0.15) is 10.3 Å². The number of anilines is 1.